The van der Waals surface area contributed by atoms with Gasteiger partial charge in [-0.25, -0.2) is 0 Å². The molecule has 0 radical (unpaired) electrons. The normalized spacial score (nSPS) is 15.1. The van der Waals surface area contributed by atoms with Crippen molar-refractivity contribution >= 4 is 11.8 Å². The van der Waals surface area contributed by atoms with Crippen molar-refractivity contribution in [2.24, 2.45) is 0 Å². The number of H-pyrrole nitrogens is 1. The molecular weight excluding hydrogens is 314 g/mol. The molecule has 5 nitrogen and oxygen atoms in total. The van der Waals surface area contributed by atoms with Gasteiger partial charge in [0.2, 0.25) is 5.91 Å². The summed E-state index contributed by atoms with van der Waals surface area (Å²) in [7, 11) is 0. The molecule has 1 aromatic carbocycles. The fraction of sp³-hybridized carbons (Fsp3) is 0.400. The third kappa shape index (κ3) is 4.50. The van der Waals surface area contributed by atoms with Crippen LogP contribution in [-0.4, -0.2) is 52.8 Å². The maximum absolute atomic E-state index is 12.5. The van der Waals surface area contributed by atoms with Crippen LogP contribution in [0.5, 0.6) is 0 Å². The molecule has 0 bridgehead atoms. The Hall–Kier alpha value is -2.56. The largest absolute Gasteiger partial charge is 0.367 e. The Labute approximate surface area is 148 Å². The highest BCUT2D eigenvalue weighted by Gasteiger charge is 2.22. The molecular formula is C20H25N3O2. The predicted molar refractivity (Wildman–Crippen MR) is 97.4 cm³/mol. The molecule has 1 N–H and O–H groups in total. The Bertz CT molecular complexity index is 724. The van der Waals surface area contributed by atoms with E-state index in [1.54, 1.807) is 18.5 Å². The standard InChI is InChI=1S/C20H25N3O2/c1-16-4-2-5-17(14-16)6-7-19(24)22-10-3-11-23(13-12-22)20(25)18-8-9-21-15-18/h2,4-5,8-9,14-15,21H,3,6-7,10-13H2,1H3. The van der Waals surface area contributed by atoms with E-state index in [1.165, 1.54) is 11.1 Å². The van der Waals surface area contributed by atoms with Gasteiger partial charge >= 0.3 is 0 Å². The molecule has 132 valence electrons. The zero-order valence-corrected chi connectivity index (χ0v) is 14.7. The van der Waals surface area contributed by atoms with Crippen molar-refractivity contribution in [1.29, 1.82) is 0 Å². The second kappa shape index (κ2) is 8.01. The summed E-state index contributed by atoms with van der Waals surface area (Å²) in [4.78, 5) is 31.6. The Kier molecular flexibility index (Phi) is 5.53. The lowest BCUT2D eigenvalue weighted by molar-refractivity contribution is -0.131. The van der Waals surface area contributed by atoms with E-state index < -0.39 is 0 Å². The number of aromatic nitrogens is 1. The van der Waals surface area contributed by atoms with Crippen LogP contribution in [0.25, 0.3) is 0 Å². The number of amides is 2. The molecule has 1 aromatic heterocycles. The van der Waals surface area contributed by atoms with Crippen LogP contribution in [0.1, 0.15) is 34.3 Å². The lowest BCUT2D eigenvalue weighted by Crippen LogP contribution is -2.37. The molecule has 25 heavy (non-hydrogen) atoms. The lowest BCUT2D eigenvalue weighted by Gasteiger charge is -2.22. The first-order chi connectivity index (χ1) is 12.1. The zero-order chi connectivity index (χ0) is 17.6. The minimum Gasteiger partial charge on any atom is -0.367 e. The van der Waals surface area contributed by atoms with E-state index in [4.69, 9.17) is 0 Å². The third-order valence-electron chi connectivity index (χ3n) is 4.69. The van der Waals surface area contributed by atoms with Crippen molar-refractivity contribution < 1.29 is 9.59 Å². The average molecular weight is 339 g/mol. The lowest BCUT2D eigenvalue weighted by atomic mass is 10.1. The van der Waals surface area contributed by atoms with E-state index in [-0.39, 0.29) is 11.8 Å². The van der Waals surface area contributed by atoms with Gasteiger partial charge in [0, 0.05) is 45.0 Å². The molecule has 5 heteroatoms. The summed E-state index contributed by atoms with van der Waals surface area (Å²) in [6, 6.07) is 10.1. The van der Waals surface area contributed by atoms with Crippen molar-refractivity contribution in [2.45, 2.75) is 26.2 Å². The maximum Gasteiger partial charge on any atom is 0.255 e. The number of nitrogens with one attached hydrogen (secondary N) is 1. The minimum atomic E-state index is 0.0373. The van der Waals surface area contributed by atoms with E-state index in [9.17, 15) is 9.59 Å². The fourth-order valence-corrected chi connectivity index (χ4v) is 3.29. The first kappa shape index (κ1) is 17.3. The summed E-state index contributed by atoms with van der Waals surface area (Å²) in [5.41, 5.74) is 3.10. The summed E-state index contributed by atoms with van der Waals surface area (Å²) in [5.74, 6) is 0.216. The van der Waals surface area contributed by atoms with E-state index in [2.05, 4.69) is 30.1 Å². The molecule has 1 aliphatic rings. The van der Waals surface area contributed by atoms with Crippen molar-refractivity contribution in [3.05, 3.63) is 59.4 Å². The predicted octanol–water partition coefficient (Wildman–Crippen LogP) is 2.63. The molecule has 3 rings (SSSR count). The summed E-state index contributed by atoms with van der Waals surface area (Å²) >= 11 is 0. The number of carbonyl (C=O) groups is 2. The molecule has 0 aliphatic carbocycles. The van der Waals surface area contributed by atoms with E-state index >= 15 is 0 Å². The molecule has 2 amide bonds. The van der Waals surface area contributed by atoms with Crippen LogP contribution >= 0.6 is 0 Å². The van der Waals surface area contributed by atoms with Gasteiger partial charge in [0.05, 0.1) is 5.56 Å². The zero-order valence-electron chi connectivity index (χ0n) is 14.7. The first-order valence-corrected chi connectivity index (χ1v) is 8.89. The highest BCUT2D eigenvalue weighted by molar-refractivity contribution is 5.94. The molecule has 0 atom stereocenters. The second-order valence-corrected chi connectivity index (χ2v) is 6.62. The van der Waals surface area contributed by atoms with Gasteiger partial charge < -0.3 is 14.8 Å². The third-order valence-corrected chi connectivity index (χ3v) is 4.69. The number of rotatable bonds is 4. The highest BCUT2D eigenvalue weighted by Crippen LogP contribution is 2.12. The Morgan fingerprint density at radius 3 is 2.64 bits per heavy atom. The van der Waals surface area contributed by atoms with Crippen molar-refractivity contribution in [1.82, 2.24) is 14.8 Å². The monoisotopic (exact) mass is 339 g/mol. The first-order valence-electron chi connectivity index (χ1n) is 8.89. The van der Waals surface area contributed by atoms with Crippen LogP contribution in [0.15, 0.2) is 42.7 Å². The van der Waals surface area contributed by atoms with Crippen molar-refractivity contribution in [3.63, 3.8) is 0 Å². The van der Waals surface area contributed by atoms with E-state index in [1.807, 2.05) is 15.9 Å². The second-order valence-electron chi connectivity index (χ2n) is 6.62. The summed E-state index contributed by atoms with van der Waals surface area (Å²) in [5, 5.41) is 0. The number of hydrogen-bond acceptors (Lipinski definition) is 2. The van der Waals surface area contributed by atoms with Gasteiger partial charge in [0.15, 0.2) is 0 Å². The van der Waals surface area contributed by atoms with E-state index in [0.717, 1.165) is 19.4 Å². The van der Waals surface area contributed by atoms with Gasteiger partial charge in [0.25, 0.3) is 5.91 Å². The molecule has 2 heterocycles. The van der Waals surface area contributed by atoms with Crippen molar-refractivity contribution in [2.75, 3.05) is 26.2 Å². The Morgan fingerprint density at radius 2 is 1.88 bits per heavy atom. The molecule has 1 saturated heterocycles. The van der Waals surface area contributed by atoms with Gasteiger partial charge in [-0.15, -0.1) is 0 Å². The number of benzene rings is 1. The van der Waals surface area contributed by atoms with Crippen LogP contribution in [0.2, 0.25) is 0 Å². The van der Waals surface area contributed by atoms with Crippen molar-refractivity contribution in [3.8, 4) is 0 Å². The van der Waals surface area contributed by atoms with Crippen LogP contribution in [-0.2, 0) is 11.2 Å². The SMILES string of the molecule is Cc1cccc(CCC(=O)N2CCCN(C(=O)c3cc[nH]c3)CC2)c1. The van der Waals surface area contributed by atoms with Crippen LogP contribution in [0.4, 0.5) is 0 Å². The van der Waals surface area contributed by atoms with Gasteiger partial charge in [-0.3, -0.25) is 9.59 Å². The minimum absolute atomic E-state index is 0.0373. The summed E-state index contributed by atoms with van der Waals surface area (Å²) in [6.45, 7) is 4.70. The quantitative estimate of drug-likeness (QED) is 0.931. The van der Waals surface area contributed by atoms with Crippen LogP contribution < -0.4 is 0 Å². The van der Waals surface area contributed by atoms with Crippen LogP contribution in [0.3, 0.4) is 0 Å². The summed E-state index contributed by atoms with van der Waals surface area (Å²) in [6.07, 6.45) is 5.59. The van der Waals surface area contributed by atoms with Gasteiger partial charge in [0.1, 0.15) is 0 Å². The Balaban J connectivity index is 1.52. The highest BCUT2D eigenvalue weighted by atomic mass is 16.2. The topological polar surface area (TPSA) is 56.4 Å². The van der Waals surface area contributed by atoms with Gasteiger partial charge in [-0.05, 0) is 31.4 Å². The smallest absolute Gasteiger partial charge is 0.255 e. The van der Waals surface area contributed by atoms with Gasteiger partial charge in [-0.2, -0.15) is 0 Å². The Morgan fingerprint density at radius 1 is 1.08 bits per heavy atom. The molecule has 0 saturated carbocycles. The number of aromatic amines is 1. The number of nitrogens with zero attached hydrogens (tertiary/aromatic N) is 2. The average Bonchev–Trinajstić information content (AvgIpc) is 3.03. The molecule has 0 spiro atoms. The molecule has 1 aliphatic heterocycles. The molecule has 2 aromatic rings. The van der Waals surface area contributed by atoms with Crippen LogP contribution in [0, 0.1) is 6.92 Å². The number of aryl methyl sites for hydroxylation is 2. The number of hydrogen-bond donors (Lipinski definition) is 1. The fourth-order valence-electron chi connectivity index (χ4n) is 3.29. The molecule has 1 fully saturated rings. The molecule has 0 unspecified atom stereocenters. The van der Waals surface area contributed by atoms with Gasteiger partial charge in [-0.1, -0.05) is 29.8 Å². The number of carbonyl (C=O) groups excluding carboxylic acids is 2. The maximum atomic E-state index is 12.5. The van der Waals surface area contributed by atoms with E-state index in [0.29, 0.717) is 31.6 Å². The summed E-state index contributed by atoms with van der Waals surface area (Å²) < 4.78 is 0.